The summed E-state index contributed by atoms with van der Waals surface area (Å²) in [5.74, 6) is 1.74. The van der Waals surface area contributed by atoms with E-state index in [1.165, 1.54) is 30.6 Å². The maximum absolute atomic E-state index is 12.1. The number of likely N-dealkylation sites (tertiary alicyclic amines) is 1. The van der Waals surface area contributed by atoms with Gasteiger partial charge in [-0.15, -0.1) is 0 Å². The van der Waals surface area contributed by atoms with Crippen LogP contribution in [-0.2, 0) is 11.2 Å². The number of nitrogens with one attached hydrogen (secondary N) is 1. The largest absolute Gasteiger partial charge is 0.356 e. The molecule has 0 saturated carbocycles. The Balaban J connectivity index is 1.68. The highest BCUT2D eigenvalue weighted by Gasteiger charge is 2.21. The summed E-state index contributed by atoms with van der Waals surface area (Å²) >= 11 is 0. The molecule has 2 rings (SSSR count). The summed E-state index contributed by atoms with van der Waals surface area (Å²) in [5.41, 5.74) is 3.55. The summed E-state index contributed by atoms with van der Waals surface area (Å²) in [5, 5.41) is 3.07. The van der Waals surface area contributed by atoms with Gasteiger partial charge in [0.05, 0.1) is 6.42 Å². The third-order valence-corrected chi connectivity index (χ3v) is 4.77. The summed E-state index contributed by atoms with van der Waals surface area (Å²) in [6, 6.07) is 6.30. The van der Waals surface area contributed by atoms with Crippen molar-refractivity contribution in [1.29, 1.82) is 0 Å². The molecule has 1 fully saturated rings. The minimum atomic E-state index is 0.138. The van der Waals surface area contributed by atoms with E-state index in [2.05, 4.69) is 56.1 Å². The van der Waals surface area contributed by atoms with E-state index >= 15 is 0 Å². The van der Waals surface area contributed by atoms with E-state index in [-0.39, 0.29) is 5.91 Å². The van der Waals surface area contributed by atoms with Crippen molar-refractivity contribution in [2.24, 2.45) is 11.8 Å². The molecule has 1 saturated heterocycles. The number of rotatable bonds is 6. The molecule has 1 aliphatic heterocycles. The summed E-state index contributed by atoms with van der Waals surface area (Å²) in [4.78, 5) is 14.7. The minimum absolute atomic E-state index is 0.138. The molecule has 128 valence electrons. The van der Waals surface area contributed by atoms with Crippen molar-refractivity contribution in [3.63, 3.8) is 0 Å². The Morgan fingerprint density at radius 3 is 2.61 bits per heavy atom. The molecule has 1 N–H and O–H groups in total. The number of benzene rings is 1. The molecule has 23 heavy (non-hydrogen) atoms. The van der Waals surface area contributed by atoms with Gasteiger partial charge >= 0.3 is 0 Å². The Labute approximate surface area is 141 Å². The zero-order valence-corrected chi connectivity index (χ0v) is 15.2. The van der Waals surface area contributed by atoms with E-state index in [1.807, 2.05) is 0 Å². The number of carbonyl (C=O) groups is 1. The monoisotopic (exact) mass is 316 g/mol. The lowest BCUT2D eigenvalue weighted by atomic mass is 9.92. The zero-order chi connectivity index (χ0) is 16.8. The molecule has 3 nitrogen and oxygen atoms in total. The molecule has 1 heterocycles. The molecule has 3 heteroatoms. The first-order valence-electron chi connectivity index (χ1n) is 8.99. The molecule has 0 bridgehead atoms. The van der Waals surface area contributed by atoms with E-state index in [0.717, 1.165) is 36.9 Å². The summed E-state index contributed by atoms with van der Waals surface area (Å²) in [6.07, 6.45) is 2.88. The van der Waals surface area contributed by atoms with E-state index in [9.17, 15) is 4.79 Å². The zero-order valence-electron chi connectivity index (χ0n) is 15.2. The van der Waals surface area contributed by atoms with Crippen LogP contribution in [0.1, 0.15) is 43.4 Å². The van der Waals surface area contributed by atoms with Crippen molar-refractivity contribution < 1.29 is 4.79 Å². The highest BCUT2D eigenvalue weighted by Crippen LogP contribution is 2.20. The van der Waals surface area contributed by atoms with E-state index < -0.39 is 0 Å². The van der Waals surface area contributed by atoms with Crippen LogP contribution in [0.4, 0.5) is 0 Å². The van der Waals surface area contributed by atoms with Crippen molar-refractivity contribution in [1.82, 2.24) is 10.2 Å². The van der Waals surface area contributed by atoms with Gasteiger partial charge in [-0.3, -0.25) is 4.79 Å². The topological polar surface area (TPSA) is 32.3 Å². The third-order valence-electron chi connectivity index (χ3n) is 4.77. The average Bonchev–Trinajstić information content (AvgIpc) is 2.46. The standard InChI is InChI=1S/C20H32N2O/c1-15-6-7-18(4)19(11-15)12-20(23)21-8-5-9-22-13-16(2)10-17(3)14-22/h6-7,11,16-17H,5,8-10,12-14H2,1-4H3,(H,21,23)/t16-,17+. The number of nitrogens with zero attached hydrogens (tertiary/aromatic N) is 1. The fraction of sp³-hybridized carbons (Fsp3) is 0.650. The molecule has 0 aromatic heterocycles. The molecular formula is C20H32N2O. The summed E-state index contributed by atoms with van der Waals surface area (Å²) in [7, 11) is 0. The van der Waals surface area contributed by atoms with Crippen LogP contribution in [0.3, 0.4) is 0 Å². The second-order valence-electron chi connectivity index (χ2n) is 7.52. The molecular weight excluding hydrogens is 284 g/mol. The normalized spacial score (nSPS) is 22.1. The van der Waals surface area contributed by atoms with Crippen LogP contribution in [0, 0.1) is 25.7 Å². The second-order valence-corrected chi connectivity index (χ2v) is 7.52. The van der Waals surface area contributed by atoms with Crippen LogP contribution >= 0.6 is 0 Å². The smallest absolute Gasteiger partial charge is 0.224 e. The molecule has 0 spiro atoms. The molecule has 2 atom stereocenters. The fourth-order valence-corrected chi connectivity index (χ4v) is 3.73. The van der Waals surface area contributed by atoms with Gasteiger partial charge < -0.3 is 10.2 Å². The van der Waals surface area contributed by atoms with E-state index in [4.69, 9.17) is 0 Å². The fourth-order valence-electron chi connectivity index (χ4n) is 3.73. The Bertz CT molecular complexity index is 516. The van der Waals surface area contributed by atoms with Gasteiger partial charge in [0.15, 0.2) is 0 Å². The van der Waals surface area contributed by atoms with Gasteiger partial charge in [0, 0.05) is 19.6 Å². The highest BCUT2D eigenvalue weighted by molar-refractivity contribution is 5.78. The number of carbonyl (C=O) groups excluding carboxylic acids is 1. The third kappa shape index (κ3) is 5.98. The number of hydrogen-bond donors (Lipinski definition) is 1. The lowest BCUT2D eigenvalue weighted by Gasteiger charge is -2.34. The molecule has 0 radical (unpaired) electrons. The Morgan fingerprint density at radius 1 is 1.22 bits per heavy atom. The molecule has 0 aliphatic carbocycles. The number of piperidine rings is 1. The van der Waals surface area contributed by atoms with Crippen LogP contribution in [0.2, 0.25) is 0 Å². The van der Waals surface area contributed by atoms with Gasteiger partial charge in [0.25, 0.3) is 0 Å². The van der Waals surface area contributed by atoms with Gasteiger partial charge in [-0.2, -0.15) is 0 Å². The SMILES string of the molecule is Cc1ccc(C)c(CC(=O)NCCCN2C[C@H](C)C[C@H](C)C2)c1. The van der Waals surface area contributed by atoms with Crippen molar-refractivity contribution >= 4 is 5.91 Å². The summed E-state index contributed by atoms with van der Waals surface area (Å²) < 4.78 is 0. The lowest BCUT2D eigenvalue weighted by molar-refractivity contribution is -0.120. The Morgan fingerprint density at radius 2 is 1.91 bits per heavy atom. The maximum atomic E-state index is 12.1. The van der Waals surface area contributed by atoms with Crippen LogP contribution in [0.5, 0.6) is 0 Å². The van der Waals surface area contributed by atoms with Crippen molar-refractivity contribution in [3.8, 4) is 0 Å². The van der Waals surface area contributed by atoms with Crippen molar-refractivity contribution in [2.45, 2.75) is 47.0 Å². The highest BCUT2D eigenvalue weighted by atomic mass is 16.1. The lowest BCUT2D eigenvalue weighted by Crippen LogP contribution is -2.40. The van der Waals surface area contributed by atoms with Gasteiger partial charge in [0.1, 0.15) is 0 Å². The van der Waals surface area contributed by atoms with Gasteiger partial charge in [-0.25, -0.2) is 0 Å². The molecule has 1 aromatic carbocycles. The number of aryl methyl sites for hydroxylation is 2. The summed E-state index contributed by atoms with van der Waals surface area (Å²) in [6.45, 7) is 13.1. The van der Waals surface area contributed by atoms with Crippen molar-refractivity contribution in [2.75, 3.05) is 26.2 Å². The second kappa shape index (κ2) is 8.49. The van der Waals surface area contributed by atoms with Gasteiger partial charge in [0.2, 0.25) is 5.91 Å². The first-order chi connectivity index (χ1) is 10.9. The Hall–Kier alpha value is -1.35. The molecule has 1 aliphatic rings. The average molecular weight is 316 g/mol. The predicted molar refractivity (Wildman–Crippen MR) is 96.6 cm³/mol. The van der Waals surface area contributed by atoms with Crippen LogP contribution in [0.15, 0.2) is 18.2 Å². The van der Waals surface area contributed by atoms with Crippen LogP contribution < -0.4 is 5.32 Å². The molecule has 0 unspecified atom stereocenters. The number of amides is 1. The first-order valence-corrected chi connectivity index (χ1v) is 8.99. The van der Waals surface area contributed by atoms with Crippen LogP contribution in [-0.4, -0.2) is 37.0 Å². The van der Waals surface area contributed by atoms with E-state index in [1.54, 1.807) is 0 Å². The maximum Gasteiger partial charge on any atom is 0.224 e. The van der Waals surface area contributed by atoms with E-state index in [0.29, 0.717) is 6.42 Å². The molecule has 1 aromatic rings. The predicted octanol–water partition coefficient (Wildman–Crippen LogP) is 3.33. The van der Waals surface area contributed by atoms with Gasteiger partial charge in [-0.1, -0.05) is 37.6 Å². The first kappa shape index (κ1) is 18.0. The number of hydrogen-bond acceptors (Lipinski definition) is 2. The molecule has 1 amide bonds. The van der Waals surface area contributed by atoms with Crippen molar-refractivity contribution in [3.05, 3.63) is 34.9 Å². The quantitative estimate of drug-likeness (QED) is 0.817. The minimum Gasteiger partial charge on any atom is -0.356 e. The Kier molecular flexibility index (Phi) is 6.64. The van der Waals surface area contributed by atoms with Gasteiger partial charge in [-0.05, 0) is 56.2 Å². The van der Waals surface area contributed by atoms with Crippen LogP contribution in [0.25, 0.3) is 0 Å².